The summed E-state index contributed by atoms with van der Waals surface area (Å²) in [6.45, 7) is 6.93. The molecule has 1 aromatic rings. The molecule has 0 atom stereocenters. The highest BCUT2D eigenvalue weighted by Gasteiger charge is 2.26. The van der Waals surface area contributed by atoms with Crippen molar-refractivity contribution in [3.8, 4) is 5.75 Å². The van der Waals surface area contributed by atoms with Crippen molar-refractivity contribution in [1.82, 2.24) is 5.32 Å². The number of amides is 1. The van der Waals surface area contributed by atoms with Gasteiger partial charge < -0.3 is 14.8 Å². The minimum Gasteiger partial charge on any atom is -0.491 e. The number of hydrogen-bond acceptors (Lipinski definition) is 4. The predicted octanol–water partition coefficient (Wildman–Crippen LogP) is 2.67. The van der Waals surface area contributed by atoms with Crippen molar-refractivity contribution in [3.05, 3.63) is 41.8 Å². The maximum Gasteiger partial charge on any atom is 0.262 e. The summed E-state index contributed by atoms with van der Waals surface area (Å²) in [5, 5.41) is 2.73. The first-order valence-electron chi connectivity index (χ1n) is 7.03. The number of benzene rings is 1. The van der Waals surface area contributed by atoms with Gasteiger partial charge in [0.1, 0.15) is 5.75 Å². The number of carbonyl (C=O) groups is 2. The molecule has 0 aliphatic rings. The van der Waals surface area contributed by atoms with Crippen molar-refractivity contribution in [3.63, 3.8) is 0 Å². The number of ether oxygens (including phenoxy) is 2. The van der Waals surface area contributed by atoms with Crippen LogP contribution in [0.1, 0.15) is 27.7 Å². The van der Waals surface area contributed by atoms with Crippen molar-refractivity contribution < 1.29 is 19.1 Å². The maximum absolute atomic E-state index is 12.1. The van der Waals surface area contributed by atoms with E-state index in [1.807, 2.05) is 39.0 Å². The van der Waals surface area contributed by atoms with E-state index in [0.717, 1.165) is 0 Å². The lowest BCUT2D eigenvalue weighted by molar-refractivity contribution is -0.122. The highest BCUT2D eigenvalue weighted by Crippen LogP contribution is 2.26. The average Bonchev–Trinajstić information content (AvgIpc) is 2.44. The van der Waals surface area contributed by atoms with Gasteiger partial charge in [-0.1, -0.05) is 39.0 Å². The van der Waals surface area contributed by atoms with Crippen LogP contribution in [0.3, 0.4) is 0 Å². The van der Waals surface area contributed by atoms with E-state index >= 15 is 0 Å². The molecule has 0 radical (unpaired) electrons. The molecule has 0 saturated heterocycles. The molecule has 1 rings (SSSR count). The summed E-state index contributed by atoms with van der Waals surface area (Å²) >= 11 is 0. The van der Waals surface area contributed by atoms with E-state index in [4.69, 9.17) is 9.47 Å². The average molecular weight is 305 g/mol. The Hall–Kier alpha value is -2.30. The number of hydrogen-bond donors (Lipinski definition) is 1. The number of rotatable bonds is 6. The van der Waals surface area contributed by atoms with E-state index in [-0.39, 0.29) is 24.1 Å². The van der Waals surface area contributed by atoms with Gasteiger partial charge in [-0.15, -0.1) is 0 Å². The highest BCUT2D eigenvalue weighted by molar-refractivity contribution is 5.93. The van der Waals surface area contributed by atoms with Crippen LogP contribution in [0.4, 0.5) is 0 Å². The monoisotopic (exact) mass is 305 g/mol. The van der Waals surface area contributed by atoms with Gasteiger partial charge in [0, 0.05) is 12.3 Å². The maximum atomic E-state index is 12.1. The molecule has 5 heteroatoms. The number of nitrogens with one attached hydrogen (secondary N) is 1. The number of para-hydroxylation sites is 1. The van der Waals surface area contributed by atoms with Crippen LogP contribution in [0.2, 0.25) is 0 Å². The van der Waals surface area contributed by atoms with E-state index < -0.39 is 5.41 Å². The minimum atomic E-state index is -0.445. The molecule has 0 unspecified atom stereocenters. The molecule has 0 saturated carbocycles. The molecule has 22 heavy (non-hydrogen) atoms. The van der Waals surface area contributed by atoms with Crippen LogP contribution < -0.4 is 10.1 Å². The number of Topliss-reactive ketones (excluding diaryl/α,β-unsaturated/α-hetero) is 1. The molecule has 0 fully saturated rings. The molecule has 5 nitrogen and oxygen atoms in total. The van der Waals surface area contributed by atoms with Crippen LogP contribution in [-0.2, 0) is 14.3 Å². The molecule has 0 aliphatic carbocycles. The first-order chi connectivity index (χ1) is 10.3. The molecule has 120 valence electrons. The Balaban J connectivity index is 2.83. The topological polar surface area (TPSA) is 64.6 Å². The van der Waals surface area contributed by atoms with Gasteiger partial charge in [-0.3, -0.25) is 9.59 Å². The summed E-state index contributed by atoms with van der Waals surface area (Å²) in [6.07, 6.45) is 0. The molecule has 1 N–H and O–H groups in total. The lowest BCUT2D eigenvalue weighted by Gasteiger charge is -2.25. The minimum absolute atomic E-state index is 0.140. The van der Waals surface area contributed by atoms with Crippen molar-refractivity contribution in [2.75, 3.05) is 13.7 Å². The number of carbonyl (C=O) groups excluding carboxylic acids is 2. The van der Waals surface area contributed by atoms with Crippen molar-refractivity contribution in [2.24, 2.45) is 5.41 Å². The Morgan fingerprint density at radius 2 is 1.73 bits per heavy atom. The van der Waals surface area contributed by atoms with Crippen LogP contribution >= 0.6 is 0 Å². The van der Waals surface area contributed by atoms with Crippen LogP contribution in [0.15, 0.2) is 41.8 Å². The van der Waals surface area contributed by atoms with Gasteiger partial charge >= 0.3 is 0 Å². The van der Waals surface area contributed by atoms with Crippen LogP contribution in [0.5, 0.6) is 5.75 Å². The second-order valence-corrected chi connectivity index (χ2v) is 5.86. The van der Waals surface area contributed by atoms with Gasteiger partial charge in [-0.2, -0.15) is 0 Å². The fraction of sp³-hybridized carbons (Fsp3) is 0.412. The summed E-state index contributed by atoms with van der Waals surface area (Å²) in [4.78, 5) is 23.7. The first kappa shape index (κ1) is 17.8. The quantitative estimate of drug-likeness (QED) is 0.648. The van der Waals surface area contributed by atoms with Crippen LogP contribution in [-0.4, -0.2) is 25.4 Å². The highest BCUT2D eigenvalue weighted by atomic mass is 16.5. The third-order valence-corrected chi connectivity index (χ3v) is 2.88. The predicted molar refractivity (Wildman–Crippen MR) is 84.3 cm³/mol. The summed E-state index contributed by atoms with van der Waals surface area (Å²) in [6, 6.07) is 9.05. The van der Waals surface area contributed by atoms with E-state index in [0.29, 0.717) is 11.4 Å². The summed E-state index contributed by atoms with van der Waals surface area (Å²) in [5.74, 6) is 0.180. The SMILES string of the molecule is CO/C(C(C)=O)=C(/NC(=O)COc1ccccc1)C(C)(C)C. The first-order valence-corrected chi connectivity index (χ1v) is 7.03. The molecule has 1 aromatic carbocycles. The van der Waals surface area contributed by atoms with E-state index in [9.17, 15) is 9.59 Å². The molecule has 0 aliphatic heterocycles. The summed E-state index contributed by atoms with van der Waals surface area (Å²) in [7, 11) is 1.41. The van der Waals surface area contributed by atoms with Gasteiger partial charge in [0.25, 0.3) is 5.91 Å². The molecular formula is C17H23NO4. The Labute approximate surface area is 131 Å². The lowest BCUT2D eigenvalue weighted by Crippen LogP contribution is -2.35. The van der Waals surface area contributed by atoms with Gasteiger partial charge in [0.05, 0.1) is 12.8 Å². The van der Waals surface area contributed by atoms with Gasteiger partial charge in [-0.25, -0.2) is 0 Å². The molecule has 0 aromatic heterocycles. The van der Waals surface area contributed by atoms with E-state index in [2.05, 4.69) is 5.32 Å². The van der Waals surface area contributed by atoms with Gasteiger partial charge in [0.15, 0.2) is 18.1 Å². The number of ketones is 1. The summed E-state index contributed by atoms with van der Waals surface area (Å²) < 4.78 is 10.5. The Morgan fingerprint density at radius 3 is 2.18 bits per heavy atom. The lowest BCUT2D eigenvalue weighted by atomic mass is 9.90. The smallest absolute Gasteiger partial charge is 0.262 e. The second-order valence-electron chi connectivity index (χ2n) is 5.86. The molecule has 1 amide bonds. The standard InChI is InChI=1S/C17H23NO4/c1-12(19)15(21-5)16(17(2,3)4)18-14(20)11-22-13-9-7-6-8-10-13/h6-10H,11H2,1-5H3,(H,18,20)/b16-15+. The van der Waals surface area contributed by atoms with E-state index in [1.165, 1.54) is 14.0 Å². The zero-order chi connectivity index (χ0) is 16.8. The fourth-order valence-corrected chi connectivity index (χ4v) is 1.85. The Bertz CT molecular complexity index is 556. The third kappa shape index (κ3) is 5.24. The largest absolute Gasteiger partial charge is 0.491 e. The third-order valence-electron chi connectivity index (χ3n) is 2.88. The molecule has 0 spiro atoms. The summed E-state index contributed by atoms with van der Waals surface area (Å²) in [5.41, 5.74) is 0.00328. The van der Waals surface area contributed by atoms with E-state index in [1.54, 1.807) is 12.1 Å². The number of methoxy groups -OCH3 is 1. The normalized spacial score (nSPS) is 12.2. The van der Waals surface area contributed by atoms with Crippen LogP contribution in [0, 0.1) is 5.41 Å². The van der Waals surface area contributed by atoms with Gasteiger partial charge in [0.2, 0.25) is 0 Å². The molecule has 0 heterocycles. The zero-order valence-corrected chi connectivity index (χ0v) is 13.7. The van der Waals surface area contributed by atoms with Crippen molar-refractivity contribution >= 4 is 11.7 Å². The van der Waals surface area contributed by atoms with Crippen molar-refractivity contribution in [1.29, 1.82) is 0 Å². The number of allylic oxidation sites excluding steroid dienone is 2. The fourth-order valence-electron chi connectivity index (χ4n) is 1.85. The Kier molecular flexibility index (Phi) is 6.16. The Morgan fingerprint density at radius 1 is 1.14 bits per heavy atom. The zero-order valence-electron chi connectivity index (χ0n) is 13.7. The second kappa shape index (κ2) is 7.64. The molecule has 0 bridgehead atoms. The van der Waals surface area contributed by atoms with Gasteiger partial charge in [-0.05, 0) is 12.1 Å². The van der Waals surface area contributed by atoms with Crippen molar-refractivity contribution in [2.45, 2.75) is 27.7 Å². The van der Waals surface area contributed by atoms with Crippen LogP contribution in [0.25, 0.3) is 0 Å². The molecular weight excluding hydrogens is 282 g/mol.